The minimum Gasteiger partial charge on any atom is -0.353 e. The van der Waals surface area contributed by atoms with Crippen LogP contribution in [-0.2, 0) is 22.0 Å². The van der Waals surface area contributed by atoms with Gasteiger partial charge in [-0.3, -0.25) is 0 Å². The lowest BCUT2D eigenvalue weighted by Gasteiger charge is -2.04. The third-order valence-electron chi connectivity index (χ3n) is 2.44. The zero-order chi connectivity index (χ0) is 14.0. The fourth-order valence-corrected chi connectivity index (χ4v) is 3.19. The molecule has 1 N–H and O–H groups in total. The van der Waals surface area contributed by atoms with Crippen LogP contribution in [0.3, 0.4) is 0 Å². The third kappa shape index (κ3) is 3.10. The van der Waals surface area contributed by atoms with E-state index in [-0.39, 0.29) is 10.9 Å². The number of nitrogens with one attached hydrogen (secondary N) is 1. The van der Waals surface area contributed by atoms with Crippen LogP contribution in [0.5, 0.6) is 0 Å². The highest BCUT2D eigenvalue weighted by molar-refractivity contribution is 7.90. The van der Waals surface area contributed by atoms with Crippen molar-refractivity contribution in [2.45, 2.75) is 24.3 Å². The number of aromatic nitrogens is 4. The SMILES string of the molecule is CCc1cnc(S(=O)(=O)Cc2nsc(N(C)C)n2)[nH]1. The van der Waals surface area contributed by atoms with Gasteiger partial charge in [-0.15, -0.1) is 0 Å². The van der Waals surface area contributed by atoms with Crippen molar-refractivity contribution in [3.8, 4) is 0 Å². The Bertz CT molecular complexity index is 659. The second kappa shape index (κ2) is 5.25. The molecule has 2 aromatic heterocycles. The summed E-state index contributed by atoms with van der Waals surface area (Å²) in [7, 11) is 0.146. The number of sulfone groups is 1. The molecule has 0 spiro atoms. The van der Waals surface area contributed by atoms with E-state index in [1.165, 1.54) is 17.7 Å². The van der Waals surface area contributed by atoms with Crippen molar-refractivity contribution in [1.82, 2.24) is 19.3 Å². The fraction of sp³-hybridized carbons (Fsp3) is 0.500. The van der Waals surface area contributed by atoms with Gasteiger partial charge in [0.25, 0.3) is 0 Å². The highest BCUT2D eigenvalue weighted by Crippen LogP contribution is 2.18. The van der Waals surface area contributed by atoms with Gasteiger partial charge in [-0.2, -0.15) is 4.37 Å². The lowest BCUT2D eigenvalue weighted by molar-refractivity contribution is 0.586. The van der Waals surface area contributed by atoms with E-state index in [2.05, 4.69) is 19.3 Å². The number of hydrogen-bond acceptors (Lipinski definition) is 7. The maximum Gasteiger partial charge on any atom is 0.225 e. The van der Waals surface area contributed by atoms with E-state index < -0.39 is 9.84 Å². The molecular weight excluding hydrogens is 286 g/mol. The van der Waals surface area contributed by atoms with Crippen molar-refractivity contribution in [2.75, 3.05) is 19.0 Å². The molecule has 0 aliphatic heterocycles. The van der Waals surface area contributed by atoms with Gasteiger partial charge < -0.3 is 9.88 Å². The molecule has 0 saturated heterocycles. The normalized spacial score (nSPS) is 11.7. The van der Waals surface area contributed by atoms with Gasteiger partial charge in [0.05, 0.1) is 0 Å². The van der Waals surface area contributed by atoms with Gasteiger partial charge in [0.1, 0.15) is 5.75 Å². The molecule has 19 heavy (non-hydrogen) atoms. The van der Waals surface area contributed by atoms with Crippen molar-refractivity contribution < 1.29 is 8.42 Å². The van der Waals surface area contributed by atoms with E-state index in [1.807, 2.05) is 21.0 Å². The Morgan fingerprint density at radius 3 is 2.68 bits per heavy atom. The van der Waals surface area contributed by atoms with Crippen molar-refractivity contribution in [3.05, 3.63) is 17.7 Å². The van der Waals surface area contributed by atoms with E-state index in [0.717, 1.165) is 5.69 Å². The Labute approximate surface area is 115 Å². The molecule has 0 aromatic carbocycles. The molecule has 0 radical (unpaired) electrons. The molecular formula is C10H15N5O2S2. The van der Waals surface area contributed by atoms with Gasteiger partial charge in [0.15, 0.2) is 5.82 Å². The van der Waals surface area contributed by atoms with Gasteiger partial charge in [0, 0.05) is 37.5 Å². The van der Waals surface area contributed by atoms with Crippen LogP contribution < -0.4 is 4.90 Å². The van der Waals surface area contributed by atoms with Gasteiger partial charge >= 0.3 is 0 Å². The summed E-state index contributed by atoms with van der Waals surface area (Å²) in [6.07, 6.45) is 2.24. The summed E-state index contributed by atoms with van der Waals surface area (Å²) < 4.78 is 28.3. The second-order valence-electron chi connectivity index (χ2n) is 4.21. The van der Waals surface area contributed by atoms with Crippen molar-refractivity contribution in [1.29, 1.82) is 0 Å². The van der Waals surface area contributed by atoms with Crippen LogP contribution in [0.25, 0.3) is 0 Å². The summed E-state index contributed by atoms with van der Waals surface area (Å²) in [5.41, 5.74) is 0.791. The van der Waals surface area contributed by atoms with Gasteiger partial charge in [0.2, 0.25) is 20.1 Å². The second-order valence-corrected chi connectivity index (χ2v) is 6.85. The van der Waals surface area contributed by atoms with E-state index in [4.69, 9.17) is 0 Å². The van der Waals surface area contributed by atoms with E-state index in [0.29, 0.717) is 17.4 Å². The lowest BCUT2D eigenvalue weighted by Crippen LogP contribution is -2.10. The zero-order valence-electron chi connectivity index (χ0n) is 10.9. The molecule has 104 valence electrons. The Morgan fingerprint density at radius 1 is 1.42 bits per heavy atom. The molecule has 0 atom stereocenters. The first-order valence-electron chi connectivity index (χ1n) is 5.69. The molecule has 9 heteroatoms. The Balaban J connectivity index is 2.20. The number of H-pyrrole nitrogens is 1. The lowest BCUT2D eigenvalue weighted by atomic mass is 10.4. The molecule has 0 saturated carbocycles. The number of anilines is 1. The van der Waals surface area contributed by atoms with Gasteiger partial charge in [-0.1, -0.05) is 6.92 Å². The minimum absolute atomic E-state index is 0.0226. The highest BCUT2D eigenvalue weighted by atomic mass is 32.2. The number of rotatable bonds is 5. The van der Waals surface area contributed by atoms with E-state index in [1.54, 1.807) is 4.90 Å². The Hall–Kier alpha value is -1.48. The standard InChI is InChI=1S/C10H15N5O2S2/c1-4-7-5-11-9(12-7)19(16,17)6-8-13-10(15(2)3)18-14-8/h5H,4,6H2,1-3H3,(H,11,12). The summed E-state index contributed by atoms with van der Waals surface area (Å²) in [5.74, 6) is 0.0525. The average molecular weight is 301 g/mol. The molecule has 0 fully saturated rings. The van der Waals surface area contributed by atoms with Crippen LogP contribution >= 0.6 is 11.5 Å². The predicted octanol–water partition coefficient (Wildman–Crippen LogP) is 0.863. The smallest absolute Gasteiger partial charge is 0.225 e. The molecule has 0 bridgehead atoms. The van der Waals surface area contributed by atoms with Crippen molar-refractivity contribution in [2.24, 2.45) is 0 Å². The molecule has 2 aromatic rings. The third-order valence-corrected chi connectivity index (χ3v) is 4.80. The predicted molar refractivity (Wildman–Crippen MR) is 73.1 cm³/mol. The van der Waals surface area contributed by atoms with Crippen molar-refractivity contribution >= 4 is 26.5 Å². The van der Waals surface area contributed by atoms with Crippen LogP contribution in [0, 0.1) is 0 Å². The summed E-state index contributed by atoms with van der Waals surface area (Å²) in [5, 5.41) is 0.657. The molecule has 2 rings (SSSR count). The van der Waals surface area contributed by atoms with E-state index in [9.17, 15) is 8.42 Å². The summed E-state index contributed by atoms with van der Waals surface area (Å²) in [6.45, 7) is 1.93. The largest absolute Gasteiger partial charge is 0.353 e. The van der Waals surface area contributed by atoms with Gasteiger partial charge in [-0.25, -0.2) is 18.4 Å². The number of imidazole rings is 1. The first kappa shape index (κ1) is 13.9. The van der Waals surface area contributed by atoms with Gasteiger partial charge in [-0.05, 0) is 6.42 Å². The molecule has 0 unspecified atom stereocenters. The summed E-state index contributed by atoms with van der Waals surface area (Å²) in [6, 6.07) is 0. The van der Waals surface area contributed by atoms with Crippen LogP contribution in [0.1, 0.15) is 18.4 Å². The molecule has 0 aliphatic carbocycles. The fourth-order valence-electron chi connectivity index (χ4n) is 1.40. The Morgan fingerprint density at radius 2 is 2.16 bits per heavy atom. The Kier molecular flexibility index (Phi) is 3.85. The monoisotopic (exact) mass is 301 g/mol. The summed E-state index contributed by atoms with van der Waals surface area (Å²) in [4.78, 5) is 12.6. The number of hydrogen-bond donors (Lipinski definition) is 1. The van der Waals surface area contributed by atoms with E-state index >= 15 is 0 Å². The first-order valence-corrected chi connectivity index (χ1v) is 8.11. The number of nitrogens with zero attached hydrogens (tertiary/aromatic N) is 4. The zero-order valence-corrected chi connectivity index (χ0v) is 12.5. The maximum atomic E-state index is 12.1. The topological polar surface area (TPSA) is 91.8 Å². The number of aryl methyl sites for hydroxylation is 1. The quantitative estimate of drug-likeness (QED) is 0.880. The van der Waals surface area contributed by atoms with Crippen LogP contribution in [0.4, 0.5) is 5.13 Å². The molecule has 7 nitrogen and oxygen atoms in total. The minimum atomic E-state index is -3.52. The number of aromatic amines is 1. The average Bonchev–Trinajstić information content (AvgIpc) is 2.96. The van der Waals surface area contributed by atoms with Crippen LogP contribution in [-0.4, -0.2) is 41.8 Å². The molecule has 2 heterocycles. The van der Waals surface area contributed by atoms with Crippen LogP contribution in [0.2, 0.25) is 0 Å². The molecule has 0 aliphatic rings. The summed E-state index contributed by atoms with van der Waals surface area (Å²) >= 11 is 1.17. The highest BCUT2D eigenvalue weighted by Gasteiger charge is 2.22. The molecule has 0 amide bonds. The maximum absolute atomic E-state index is 12.1. The van der Waals surface area contributed by atoms with Crippen LogP contribution in [0.15, 0.2) is 11.4 Å². The van der Waals surface area contributed by atoms with Crippen molar-refractivity contribution in [3.63, 3.8) is 0 Å². The first-order chi connectivity index (χ1) is 8.92.